The highest BCUT2D eigenvalue weighted by Crippen LogP contribution is 2.30. The molecule has 0 aliphatic carbocycles. The number of nitrogens with one attached hydrogen (secondary N) is 1. The van der Waals surface area contributed by atoms with Crippen LogP contribution in [0.3, 0.4) is 0 Å². The second-order valence-corrected chi connectivity index (χ2v) is 5.63. The minimum Gasteiger partial charge on any atom is -0.497 e. The predicted molar refractivity (Wildman–Crippen MR) is 98.0 cm³/mol. The van der Waals surface area contributed by atoms with Crippen molar-refractivity contribution in [2.75, 3.05) is 19.0 Å². The van der Waals surface area contributed by atoms with E-state index < -0.39 is 5.97 Å². The maximum atomic E-state index is 13.1. The number of hydrogen-bond donors (Lipinski definition) is 1. The summed E-state index contributed by atoms with van der Waals surface area (Å²) < 4.78 is 23.5. The first kappa shape index (κ1) is 17.7. The number of rotatable bonds is 6. The Labute approximate surface area is 150 Å². The molecule has 6 heteroatoms. The van der Waals surface area contributed by atoms with Crippen LogP contribution in [0.4, 0.5) is 10.1 Å². The minimum atomic E-state index is -0.452. The van der Waals surface area contributed by atoms with Gasteiger partial charge in [-0.15, -0.1) is 0 Å². The van der Waals surface area contributed by atoms with Gasteiger partial charge in [0.2, 0.25) is 0 Å². The molecule has 0 saturated carbocycles. The molecule has 0 atom stereocenters. The van der Waals surface area contributed by atoms with Crippen molar-refractivity contribution in [1.29, 1.82) is 0 Å². The van der Waals surface area contributed by atoms with E-state index in [-0.39, 0.29) is 12.4 Å². The van der Waals surface area contributed by atoms with Gasteiger partial charge in [0.05, 0.1) is 24.9 Å². The topological polar surface area (TPSA) is 60.5 Å². The molecule has 0 radical (unpaired) electrons. The zero-order valence-electron chi connectivity index (χ0n) is 14.6. The Morgan fingerprint density at radius 1 is 1.19 bits per heavy atom. The van der Waals surface area contributed by atoms with Crippen molar-refractivity contribution in [3.05, 3.63) is 65.6 Å². The second-order valence-electron chi connectivity index (χ2n) is 5.63. The Balaban J connectivity index is 2.03. The number of carbonyl (C=O) groups excluding carboxylic acids is 1. The third-order valence-electron chi connectivity index (χ3n) is 3.95. The first-order valence-electron chi connectivity index (χ1n) is 8.24. The summed E-state index contributed by atoms with van der Waals surface area (Å²) in [5, 5.41) is 4.01. The fourth-order valence-corrected chi connectivity index (χ4v) is 2.65. The smallest absolute Gasteiger partial charge is 0.341 e. The number of methoxy groups -OCH3 is 1. The standard InChI is InChI=1S/C20H19FN2O3/c1-3-26-20(24)17-12-22-18-9-8-15(25-2)10-16(18)19(17)23-11-13-4-6-14(21)7-5-13/h4-10,12H,3,11H2,1-2H3,(H,22,23). The van der Waals surface area contributed by atoms with Crippen LogP contribution in [0, 0.1) is 5.82 Å². The minimum absolute atomic E-state index is 0.270. The SMILES string of the molecule is CCOC(=O)c1cnc2ccc(OC)cc2c1NCc1ccc(F)cc1. The molecular weight excluding hydrogens is 335 g/mol. The lowest BCUT2D eigenvalue weighted by Crippen LogP contribution is -2.11. The molecule has 0 aliphatic heterocycles. The summed E-state index contributed by atoms with van der Waals surface area (Å²) in [5.41, 5.74) is 2.56. The molecule has 3 aromatic rings. The first-order valence-corrected chi connectivity index (χ1v) is 8.24. The van der Waals surface area contributed by atoms with E-state index in [2.05, 4.69) is 10.3 Å². The molecule has 1 heterocycles. The van der Waals surface area contributed by atoms with E-state index in [0.29, 0.717) is 23.5 Å². The van der Waals surface area contributed by atoms with Gasteiger partial charge >= 0.3 is 5.97 Å². The van der Waals surface area contributed by atoms with Crippen molar-refractivity contribution in [3.8, 4) is 5.75 Å². The first-order chi connectivity index (χ1) is 12.6. The lowest BCUT2D eigenvalue weighted by molar-refractivity contribution is 0.0527. The van der Waals surface area contributed by atoms with Crippen LogP contribution in [-0.4, -0.2) is 24.7 Å². The van der Waals surface area contributed by atoms with Gasteiger partial charge in [-0.1, -0.05) is 12.1 Å². The highest BCUT2D eigenvalue weighted by Gasteiger charge is 2.17. The van der Waals surface area contributed by atoms with Gasteiger partial charge in [0, 0.05) is 18.1 Å². The van der Waals surface area contributed by atoms with E-state index in [9.17, 15) is 9.18 Å². The molecule has 0 amide bonds. The van der Waals surface area contributed by atoms with E-state index in [1.807, 2.05) is 18.2 Å². The van der Waals surface area contributed by atoms with Gasteiger partial charge in [0.15, 0.2) is 0 Å². The molecule has 5 nitrogen and oxygen atoms in total. The van der Waals surface area contributed by atoms with Gasteiger partial charge in [-0.05, 0) is 42.8 Å². The summed E-state index contributed by atoms with van der Waals surface area (Å²) in [5.74, 6) is -0.0865. The van der Waals surface area contributed by atoms with Crippen LogP contribution in [0.5, 0.6) is 5.75 Å². The zero-order valence-corrected chi connectivity index (χ0v) is 14.6. The van der Waals surface area contributed by atoms with E-state index in [1.165, 1.54) is 18.3 Å². The average Bonchev–Trinajstić information content (AvgIpc) is 2.67. The molecule has 0 fully saturated rings. The second kappa shape index (κ2) is 7.82. The fourth-order valence-electron chi connectivity index (χ4n) is 2.65. The van der Waals surface area contributed by atoms with E-state index in [4.69, 9.17) is 9.47 Å². The summed E-state index contributed by atoms with van der Waals surface area (Å²) in [7, 11) is 1.58. The number of anilines is 1. The maximum absolute atomic E-state index is 13.1. The molecule has 2 aromatic carbocycles. The summed E-state index contributed by atoms with van der Waals surface area (Å²) >= 11 is 0. The fraction of sp³-hybridized carbons (Fsp3) is 0.200. The molecule has 26 heavy (non-hydrogen) atoms. The summed E-state index contributed by atoms with van der Waals surface area (Å²) in [4.78, 5) is 16.7. The maximum Gasteiger partial charge on any atom is 0.341 e. The van der Waals surface area contributed by atoms with Crippen LogP contribution in [-0.2, 0) is 11.3 Å². The van der Waals surface area contributed by atoms with Crippen molar-refractivity contribution in [3.63, 3.8) is 0 Å². The quantitative estimate of drug-likeness (QED) is 0.673. The van der Waals surface area contributed by atoms with Crippen molar-refractivity contribution in [2.45, 2.75) is 13.5 Å². The molecular formula is C20H19FN2O3. The molecule has 0 spiro atoms. The molecule has 0 saturated heterocycles. The predicted octanol–water partition coefficient (Wildman–Crippen LogP) is 4.17. The van der Waals surface area contributed by atoms with E-state index >= 15 is 0 Å². The lowest BCUT2D eigenvalue weighted by atomic mass is 10.1. The summed E-state index contributed by atoms with van der Waals surface area (Å²) in [6.07, 6.45) is 1.50. The lowest BCUT2D eigenvalue weighted by Gasteiger charge is -2.15. The average molecular weight is 354 g/mol. The molecule has 3 rings (SSSR count). The number of pyridine rings is 1. The van der Waals surface area contributed by atoms with Gasteiger partial charge in [0.25, 0.3) is 0 Å². The van der Waals surface area contributed by atoms with Crippen LogP contribution in [0.25, 0.3) is 10.9 Å². The number of carbonyl (C=O) groups is 1. The number of aromatic nitrogens is 1. The Morgan fingerprint density at radius 3 is 2.65 bits per heavy atom. The van der Waals surface area contributed by atoms with Gasteiger partial charge < -0.3 is 14.8 Å². The van der Waals surface area contributed by atoms with Gasteiger partial charge in [-0.3, -0.25) is 4.98 Å². The molecule has 1 N–H and O–H groups in total. The third-order valence-corrected chi connectivity index (χ3v) is 3.95. The normalized spacial score (nSPS) is 10.6. The zero-order chi connectivity index (χ0) is 18.5. The number of halogens is 1. The Bertz CT molecular complexity index is 926. The number of nitrogens with zero attached hydrogens (tertiary/aromatic N) is 1. The number of fused-ring (bicyclic) bond motifs is 1. The van der Waals surface area contributed by atoms with Crippen molar-refractivity contribution in [2.24, 2.45) is 0 Å². The Morgan fingerprint density at radius 2 is 1.96 bits per heavy atom. The summed E-state index contributed by atoms with van der Waals surface area (Å²) in [6, 6.07) is 11.6. The number of hydrogen-bond acceptors (Lipinski definition) is 5. The van der Waals surface area contributed by atoms with E-state index in [1.54, 1.807) is 26.2 Å². The Hall–Kier alpha value is -3.15. The highest BCUT2D eigenvalue weighted by molar-refractivity contribution is 6.05. The van der Waals surface area contributed by atoms with E-state index in [0.717, 1.165) is 16.5 Å². The van der Waals surface area contributed by atoms with Crippen molar-refractivity contribution < 1.29 is 18.7 Å². The van der Waals surface area contributed by atoms with Crippen molar-refractivity contribution >= 4 is 22.6 Å². The molecule has 0 aliphatic rings. The van der Waals surface area contributed by atoms with Crippen molar-refractivity contribution in [1.82, 2.24) is 4.98 Å². The Kier molecular flexibility index (Phi) is 5.31. The largest absolute Gasteiger partial charge is 0.497 e. The number of ether oxygens (including phenoxy) is 2. The van der Waals surface area contributed by atoms with Crippen LogP contribution in [0.15, 0.2) is 48.7 Å². The van der Waals surface area contributed by atoms with Crippen LogP contribution in [0.2, 0.25) is 0 Å². The number of esters is 1. The van der Waals surface area contributed by atoms with Gasteiger partial charge in [-0.2, -0.15) is 0 Å². The molecule has 1 aromatic heterocycles. The van der Waals surface area contributed by atoms with Crippen LogP contribution < -0.4 is 10.1 Å². The summed E-state index contributed by atoms with van der Waals surface area (Å²) in [6.45, 7) is 2.44. The van der Waals surface area contributed by atoms with Gasteiger partial charge in [0.1, 0.15) is 17.1 Å². The molecule has 0 unspecified atom stereocenters. The highest BCUT2D eigenvalue weighted by atomic mass is 19.1. The van der Waals surface area contributed by atoms with Crippen LogP contribution >= 0.6 is 0 Å². The van der Waals surface area contributed by atoms with Crippen LogP contribution in [0.1, 0.15) is 22.8 Å². The number of benzene rings is 2. The van der Waals surface area contributed by atoms with Gasteiger partial charge in [-0.25, -0.2) is 9.18 Å². The molecule has 0 bridgehead atoms. The monoisotopic (exact) mass is 354 g/mol. The third kappa shape index (κ3) is 3.74. The molecule has 134 valence electrons.